The van der Waals surface area contributed by atoms with Crippen molar-refractivity contribution in [3.63, 3.8) is 0 Å². The van der Waals surface area contributed by atoms with Crippen molar-refractivity contribution in [3.05, 3.63) is 64.8 Å². The van der Waals surface area contributed by atoms with Crippen LogP contribution in [-0.4, -0.2) is 25.2 Å². The summed E-state index contributed by atoms with van der Waals surface area (Å²) in [5.41, 5.74) is 0.972. The molecule has 0 aliphatic carbocycles. The second kappa shape index (κ2) is 8.06. The van der Waals surface area contributed by atoms with E-state index in [9.17, 15) is 9.18 Å². The third-order valence-electron chi connectivity index (χ3n) is 4.57. The van der Waals surface area contributed by atoms with E-state index in [1.54, 1.807) is 12.1 Å². The number of benzene rings is 2. The molecule has 1 aromatic heterocycles. The van der Waals surface area contributed by atoms with Crippen LogP contribution in [0.25, 0.3) is 10.1 Å². The number of hydrogen-bond donors (Lipinski definition) is 1. The lowest BCUT2D eigenvalue weighted by Crippen LogP contribution is -2.21. The predicted molar refractivity (Wildman–Crippen MR) is 104 cm³/mol. The van der Waals surface area contributed by atoms with E-state index in [0.717, 1.165) is 35.5 Å². The molecule has 1 amide bonds. The first-order valence-electron chi connectivity index (χ1n) is 8.98. The second-order valence-corrected chi connectivity index (χ2v) is 7.62. The van der Waals surface area contributed by atoms with Gasteiger partial charge in [-0.3, -0.25) is 4.79 Å². The molecule has 1 N–H and O–H groups in total. The van der Waals surface area contributed by atoms with Crippen LogP contribution < -0.4 is 10.1 Å². The molecule has 1 aliphatic rings. The lowest BCUT2D eigenvalue weighted by atomic mass is 10.2. The maximum absolute atomic E-state index is 13.8. The van der Waals surface area contributed by atoms with Gasteiger partial charge in [0, 0.05) is 23.2 Å². The number of hydrogen-bond acceptors (Lipinski definition) is 4. The average Bonchev–Trinajstić information content (AvgIpc) is 3.35. The van der Waals surface area contributed by atoms with Gasteiger partial charge in [-0.1, -0.05) is 18.2 Å². The Morgan fingerprint density at radius 1 is 1.26 bits per heavy atom. The van der Waals surface area contributed by atoms with E-state index in [1.807, 2.05) is 30.3 Å². The largest absolute Gasteiger partial charge is 0.491 e. The van der Waals surface area contributed by atoms with Crippen LogP contribution in [0.4, 0.5) is 4.39 Å². The molecular weight excluding hydrogens is 365 g/mol. The lowest BCUT2D eigenvalue weighted by Gasteiger charge is -2.12. The number of carbonyl (C=O) groups excluding carboxylic acids is 1. The standard InChI is InChI=1S/C21H20FNO3S/c22-18-4-1-5-19-17(18)11-20(27-19)21(24)23-12-14-6-8-15(9-7-14)26-13-16-3-2-10-25-16/h1,4-9,11,16H,2-3,10,12-13H2,(H,23,24). The number of carbonyl (C=O) groups is 1. The monoisotopic (exact) mass is 385 g/mol. The van der Waals surface area contributed by atoms with E-state index in [2.05, 4.69) is 5.32 Å². The summed E-state index contributed by atoms with van der Waals surface area (Å²) in [5, 5.41) is 3.37. The van der Waals surface area contributed by atoms with Gasteiger partial charge in [0.15, 0.2) is 0 Å². The molecule has 3 aromatic rings. The van der Waals surface area contributed by atoms with Gasteiger partial charge in [0.1, 0.15) is 18.2 Å². The zero-order chi connectivity index (χ0) is 18.6. The zero-order valence-corrected chi connectivity index (χ0v) is 15.6. The third kappa shape index (κ3) is 4.28. The van der Waals surface area contributed by atoms with E-state index in [0.29, 0.717) is 23.4 Å². The van der Waals surface area contributed by atoms with Crippen LogP contribution in [0.3, 0.4) is 0 Å². The van der Waals surface area contributed by atoms with Gasteiger partial charge in [-0.05, 0) is 48.7 Å². The van der Waals surface area contributed by atoms with Crippen LogP contribution in [0.2, 0.25) is 0 Å². The van der Waals surface area contributed by atoms with Crippen LogP contribution in [0.15, 0.2) is 48.5 Å². The maximum atomic E-state index is 13.8. The predicted octanol–water partition coefficient (Wildman–Crippen LogP) is 4.53. The molecule has 4 rings (SSSR count). The Kier molecular flexibility index (Phi) is 5.36. The molecule has 2 aromatic carbocycles. The quantitative estimate of drug-likeness (QED) is 0.678. The van der Waals surface area contributed by atoms with Gasteiger partial charge in [-0.25, -0.2) is 4.39 Å². The number of rotatable bonds is 6. The molecular formula is C21H20FNO3S. The summed E-state index contributed by atoms with van der Waals surface area (Å²) in [6, 6.07) is 14.1. The summed E-state index contributed by atoms with van der Waals surface area (Å²) < 4.78 is 25.8. The molecule has 4 nitrogen and oxygen atoms in total. The average molecular weight is 385 g/mol. The van der Waals surface area contributed by atoms with Crippen molar-refractivity contribution in [2.24, 2.45) is 0 Å². The summed E-state index contributed by atoms with van der Waals surface area (Å²) in [6.45, 7) is 1.79. The lowest BCUT2D eigenvalue weighted by molar-refractivity contribution is 0.0679. The Morgan fingerprint density at radius 3 is 2.85 bits per heavy atom. The molecule has 0 spiro atoms. The van der Waals surface area contributed by atoms with Crippen LogP contribution >= 0.6 is 11.3 Å². The van der Waals surface area contributed by atoms with E-state index in [1.165, 1.54) is 17.4 Å². The van der Waals surface area contributed by atoms with Crippen molar-refractivity contribution in [1.82, 2.24) is 5.32 Å². The van der Waals surface area contributed by atoms with Crippen LogP contribution in [0.1, 0.15) is 28.1 Å². The molecule has 140 valence electrons. The molecule has 27 heavy (non-hydrogen) atoms. The van der Waals surface area contributed by atoms with Crippen molar-refractivity contribution in [2.45, 2.75) is 25.5 Å². The smallest absolute Gasteiger partial charge is 0.261 e. The van der Waals surface area contributed by atoms with Crippen molar-refractivity contribution in [1.29, 1.82) is 0 Å². The van der Waals surface area contributed by atoms with Crippen molar-refractivity contribution >= 4 is 27.3 Å². The molecule has 0 bridgehead atoms. The topological polar surface area (TPSA) is 47.6 Å². The summed E-state index contributed by atoms with van der Waals surface area (Å²) in [5.74, 6) is 0.288. The zero-order valence-electron chi connectivity index (χ0n) is 14.7. The number of halogens is 1. The van der Waals surface area contributed by atoms with Crippen LogP contribution in [0, 0.1) is 5.82 Å². The Morgan fingerprint density at radius 2 is 2.11 bits per heavy atom. The molecule has 1 saturated heterocycles. The van der Waals surface area contributed by atoms with Gasteiger partial charge >= 0.3 is 0 Å². The maximum Gasteiger partial charge on any atom is 0.261 e. The fraction of sp³-hybridized carbons (Fsp3) is 0.286. The molecule has 2 heterocycles. The highest BCUT2D eigenvalue weighted by Crippen LogP contribution is 2.27. The van der Waals surface area contributed by atoms with Crippen molar-refractivity contribution < 1.29 is 18.7 Å². The third-order valence-corrected chi connectivity index (χ3v) is 5.67. The molecule has 0 saturated carbocycles. The highest BCUT2D eigenvalue weighted by Gasteiger charge is 2.16. The summed E-state index contributed by atoms with van der Waals surface area (Å²) in [6.07, 6.45) is 2.33. The Labute approximate surface area is 160 Å². The van der Waals surface area contributed by atoms with E-state index in [4.69, 9.17) is 9.47 Å². The van der Waals surface area contributed by atoms with Gasteiger partial charge in [0.25, 0.3) is 5.91 Å². The SMILES string of the molecule is O=C(NCc1ccc(OCC2CCCO2)cc1)c1cc2c(F)cccc2s1. The van der Waals surface area contributed by atoms with E-state index < -0.39 is 0 Å². The first kappa shape index (κ1) is 17.9. The second-order valence-electron chi connectivity index (χ2n) is 6.53. The van der Waals surface area contributed by atoms with Crippen molar-refractivity contribution in [3.8, 4) is 5.75 Å². The molecule has 1 atom stereocenters. The Bertz CT molecular complexity index is 932. The minimum atomic E-state index is -0.304. The minimum Gasteiger partial charge on any atom is -0.491 e. The van der Waals surface area contributed by atoms with Gasteiger partial charge in [0.2, 0.25) is 0 Å². The van der Waals surface area contributed by atoms with Crippen LogP contribution in [0.5, 0.6) is 5.75 Å². The number of thiophene rings is 1. The van der Waals surface area contributed by atoms with Gasteiger partial charge in [-0.2, -0.15) is 0 Å². The number of ether oxygens (including phenoxy) is 2. The molecule has 1 aliphatic heterocycles. The van der Waals surface area contributed by atoms with Gasteiger partial charge in [-0.15, -0.1) is 11.3 Å². The van der Waals surface area contributed by atoms with E-state index in [-0.39, 0.29) is 17.8 Å². The molecule has 6 heteroatoms. The minimum absolute atomic E-state index is 0.190. The molecule has 0 radical (unpaired) electrons. The molecule has 1 unspecified atom stereocenters. The summed E-state index contributed by atoms with van der Waals surface area (Å²) in [4.78, 5) is 12.9. The van der Waals surface area contributed by atoms with Crippen LogP contribution in [-0.2, 0) is 11.3 Å². The summed E-state index contributed by atoms with van der Waals surface area (Å²) in [7, 11) is 0. The van der Waals surface area contributed by atoms with Crippen molar-refractivity contribution in [2.75, 3.05) is 13.2 Å². The normalized spacial score (nSPS) is 16.6. The number of nitrogens with one attached hydrogen (secondary N) is 1. The molecule has 1 fully saturated rings. The van der Waals surface area contributed by atoms with E-state index >= 15 is 0 Å². The first-order chi connectivity index (χ1) is 13.2. The van der Waals surface area contributed by atoms with Gasteiger partial charge < -0.3 is 14.8 Å². The fourth-order valence-corrected chi connectivity index (χ4v) is 4.07. The highest BCUT2D eigenvalue weighted by atomic mass is 32.1. The fourth-order valence-electron chi connectivity index (χ4n) is 3.08. The number of fused-ring (bicyclic) bond motifs is 1. The summed E-state index contributed by atoms with van der Waals surface area (Å²) >= 11 is 1.29. The highest BCUT2D eigenvalue weighted by molar-refractivity contribution is 7.20. The Hall–Kier alpha value is -2.44. The van der Waals surface area contributed by atoms with Gasteiger partial charge in [0.05, 0.1) is 11.0 Å². The first-order valence-corrected chi connectivity index (χ1v) is 9.80. The number of amides is 1. The Balaban J connectivity index is 1.32.